The van der Waals surface area contributed by atoms with Crippen LogP contribution in [-0.4, -0.2) is 147 Å². The van der Waals surface area contributed by atoms with Gasteiger partial charge in [0.2, 0.25) is 0 Å². The first-order valence-electron chi connectivity index (χ1n) is 14.8. The van der Waals surface area contributed by atoms with Crippen molar-refractivity contribution in [2.24, 2.45) is 0 Å². The summed E-state index contributed by atoms with van der Waals surface area (Å²) in [5.74, 6) is -1.87. The van der Waals surface area contributed by atoms with E-state index in [1.807, 2.05) is 40.4 Å². The van der Waals surface area contributed by atoms with Crippen LogP contribution < -0.4 is 0 Å². The van der Waals surface area contributed by atoms with E-state index >= 15 is 0 Å². The van der Waals surface area contributed by atoms with Crippen molar-refractivity contribution < 1.29 is 38.5 Å². The standard InChI is InChI=1S/C28H52N4O8/c1-4-7-18-38-26(35)22-30-12-10-29(21-25(33)34)11-13-31(23-27(36)39-19-8-5-2)15-17-32(16-14-30)24-28(37)40-20-9-6-3/h4-24H2,1-3H3,(H,33,34). The third kappa shape index (κ3) is 18.1. The molecule has 0 amide bonds. The first kappa shape index (κ1) is 35.7. The maximum absolute atomic E-state index is 12.5. The second kappa shape index (κ2) is 22.4. The van der Waals surface area contributed by atoms with E-state index in [0.29, 0.717) is 72.2 Å². The lowest BCUT2D eigenvalue weighted by Crippen LogP contribution is -2.49. The molecule has 1 rings (SSSR count). The maximum atomic E-state index is 12.5. The Morgan fingerprint density at radius 3 is 0.975 bits per heavy atom. The molecule has 12 heteroatoms. The van der Waals surface area contributed by atoms with Crippen molar-refractivity contribution in [3.05, 3.63) is 0 Å². The predicted octanol–water partition coefficient (Wildman–Crippen LogP) is 1.32. The van der Waals surface area contributed by atoms with E-state index in [-0.39, 0.29) is 44.1 Å². The van der Waals surface area contributed by atoms with Crippen LogP contribution in [0.4, 0.5) is 0 Å². The normalized spacial score (nSPS) is 17.0. The molecule has 1 aliphatic rings. The molecule has 12 nitrogen and oxygen atoms in total. The Kier molecular flexibility index (Phi) is 20.0. The number of carbonyl (C=O) groups excluding carboxylic acids is 3. The molecule has 1 heterocycles. The van der Waals surface area contributed by atoms with Crippen molar-refractivity contribution in [3.63, 3.8) is 0 Å². The number of ether oxygens (including phenoxy) is 3. The Balaban J connectivity index is 2.97. The van der Waals surface area contributed by atoms with Crippen molar-refractivity contribution in [2.45, 2.75) is 59.3 Å². The Bertz CT molecular complexity index is 699. The predicted molar refractivity (Wildman–Crippen MR) is 151 cm³/mol. The number of carbonyl (C=O) groups is 4. The van der Waals surface area contributed by atoms with Crippen molar-refractivity contribution in [1.29, 1.82) is 0 Å². The van der Waals surface area contributed by atoms with E-state index in [1.165, 1.54) is 0 Å². The highest BCUT2D eigenvalue weighted by molar-refractivity contribution is 5.72. The summed E-state index contributed by atoms with van der Waals surface area (Å²) in [6, 6.07) is 0. The minimum Gasteiger partial charge on any atom is -0.480 e. The molecule has 0 aromatic heterocycles. The van der Waals surface area contributed by atoms with Crippen LogP contribution in [0.5, 0.6) is 0 Å². The van der Waals surface area contributed by atoms with Gasteiger partial charge in [-0.3, -0.25) is 38.8 Å². The highest BCUT2D eigenvalue weighted by atomic mass is 16.5. The molecule has 0 aliphatic carbocycles. The molecule has 40 heavy (non-hydrogen) atoms. The Morgan fingerprint density at radius 2 is 0.750 bits per heavy atom. The summed E-state index contributed by atoms with van der Waals surface area (Å²) >= 11 is 0. The lowest BCUT2D eigenvalue weighted by molar-refractivity contribution is -0.147. The molecule has 1 N–H and O–H groups in total. The Labute approximate surface area is 239 Å². The van der Waals surface area contributed by atoms with Crippen LogP contribution in [0.2, 0.25) is 0 Å². The van der Waals surface area contributed by atoms with Gasteiger partial charge in [-0.1, -0.05) is 40.0 Å². The van der Waals surface area contributed by atoms with Crippen LogP contribution in [-0.2, 0) is 33.4 Å². The van der Waals surface area contributed by atoms with Gasteiger partial charge < -0.3 is 19.3 Å². The highest BCUT2D eigenvalue weighted by Gasteiger charge is 2.22. The van der Waals surface area contributed by atoms with Gasteiger partial charge in [0.05, 0.1) is 46.0 Å². The minimum absolute atomic E-state index is 0.0924. The van der Waals surface area contributed by atoms with Crippen LogP contribution in [0.1, 0.15) is 59.3 Å². The van der Waals surface area contributed by atoms with Gasteiger partial charge in [-0.2, -0.15) is 0 Å². The number of aliphatic carboxylic acids is 1. The average Bonchev–Trinajstić information content (AvgIpc) is 2.90. The largest absolute Gasteiger partial charge is 0.480 e. The Morgan fingerprint density at radius 1 is 0.500 bits per heavy atom. The van der Waals surface area contributed by atoms with Gasteiger partial charge in [0, 0.05) is 52.4 Å². The Hall–Kier alpha value is -2.28. The highest BCUT2D eigenvalue weighted by Crippen LogP contribution is 2.04. The van der Waals surface area contributed by atoms with E-state index < -0.39 is 5.97 Å². The van der Waals surface area contributed by atoms with Crippen molar-refractivity contribution >= 4 is 23.9 Å². The van der Waals surface area contributed by atoms with Crippen LogP contribution in [0.25, 0.3) is 0 Å². The molecule has 232 valence electrons. The molecule has 0 unspecified atom stereocenters. The second-order valence-corrected chi connectivity index (χ2v) is 10.2. The van der Waals surface area contributed by atoms with E-state index in [0.717, 1.165) is 38.5 Å². The topological polar surface area (TPSA) is 129 Å². The fourth-order valence-corrected chi connectivity index (χ4v) is 4.08. The van der Waals surface area contributed by atoms with Gasteiger partial charge in [0.15, 0.2) is 0 Å². The number of unbranched alkanes of at least 4 members (excludes halogenated alkanes) is 3. The zero-order chi connectivity index (χ0) is 29.6. The molecule has 0 saturated carbocycles. The second-order valence-electron chi connectivity index (χ2n) is 10.2. The zero-order valence-electron chi connectivity index (χ0n) is 24.9. The summed E-state index contributed by atoms with van der Waals surface area (Å²) in [6.07, 6.45) is 5.20. The molecule has 0 aromatic carbocycles. The van der Waals surface area contributed by atoms with E-state index in [2.05, 4.69) is 0 Å². The average molecular weight is 573 g/mol. The number of carboxylic acid groups (broad SMARTS) is 1. The smallest absolute Gasteiger partial charge is 0.320 e. The summed E-state index contributed by atoms with van der Waals surface area (Å²) in [5, 5.41) is 9.45. The molecule has 1 fully saturated rings. The first-order valence-corrected chi connectivity index (χ1v) is 14.8. The molecular weight excluding hydrogens is 520 g/mol. The molecule has 0 aromatic rings. The number of rotatable bonds is 17. The van der Waals surface area contributed by atoms with Crippen LogP contribution in [0, 0.1) is 0 Å². The molecule has 0 bridgehead atoms. The van der Waals surface area contributed by atoms with Crippen LogP contribution >= 0.6 is 0 Å². The zero-order valence-corrected chi connectivity index (χ0v) is 24.9. The van der Waals surface area contributed by atoms with Gasteiger partial charge in [-0.05, 0) is 19.3 Å². The SMILES string of the molecule is CCCCOC(=O)CN1CCN(CC(=O)O)CCN(CC(=O)OCCCC)CCN(CC(=O)OCCCC)CC1. The van der Waals surface area contributed by atoms with E-state index in [9.17, 15) is 24.3 Å². The quantitative estimate of drug-likeness (QED) is 0.153. The summed E-state index contributed by atoms with van der Waals surface area (Å²) in [7, 11) is 0. The summed E-state index contributed by atoms with van der Waals surface area (Å²) < 4.78 is 16.1. The monoisotopic (exact) mass is 572 g/mol. The molecule has 1 aliphatic heterocycles. The van der Waals surface area contributed by atoms with Crippen molar-refractivity contribution in [1.82, 2.24) is 19.6 Å². The maximum Gasteiger partial charge on any atom is 0.320 e. The number of carboxylic acids is 1. The fourth-order valence-electron chi connectivity index (χ4n) is 4.08. The van der Waals surface area contributed by atoms with Gasteiger partial charge in [0.1, 0.15) is 0 Å². The van der Waals surface area contributed by atoms with Gasteiger partial charge in [-0.25, -0.2) is 0 Å². The van der Waals surface area contributed by atoms with Gasteiger partial charge in [0.25, 0.3) is 0 Å². The first-order chi connectivity index (χ1) is 19.3. The molecule has 0 radical (unpaired) electrons. The minimum atomic E-state index is -0.934. The van der Waals surface area contributed by atoms with Crippen molar-refractivity contribution in [3.8, 4) is 0 Å². The summed E-state index contributed by atoms with van der Waals surface area (Å²) in [5.41, 5.74) is 0. The van der Waals surface area contributed by atoms with Gasteiger partial charge >= 0.3 is 23.9 Å². The van der Waals surface area contributed by atoms with E-state index in [1.54, 1.807) is 0 Å². The molecule has 0 spiro atoms. The lowest BCUT2D eigenvalue weighted by atomic mass is 10.3. The van der Waals surface area contributed by atoms with Crippen LogP contribution in [0.3, 0.4) is 0 Å². The molecule has 1 saturated heterocycles. The van der Waals surface area contributed by atoms with Crippen LogP contribution in [0.15, 0.2) is 0 Å². The molecule has 0 atom stereocenters. The summed E-state index contributed by atoms with van der Waals surface area (Å²) in [6.45, 7) is 11.1. The third-order valence-electron chi connectivity index (χ3n) is 6.63. The number of hydrogen-bond donors (Lipinski definition) is 1. The lowest BCUT2D eigenvalue weighted by Gasteiger charge is -2.33. The molecular formula is C28H52N4O8. The fraction of sp³-hybridized carbons (Fsp3) is 0.857. The van der Waals surface area contributed by atoms with E-state index in [4.69, 9.17) is 14.2 Å². The number of hydrogen-bond acceptors (Lipinski definition) is 11. The third-order valence-corrected chi connectivity index (χ3v) is 6.63. The number of esters is 3. The van der Waals surface area contributed by atoms with Crippen molar-refractivity contribution in [2.75, 3.05) is 98.4 Å². The number of nitrogens with zero attached hydrogens (tertiary/aromatic N) is 4. The summed E-state index contributed by atoms with van der Waals surface area (Å²) in [4.78, 5) is 56.7. The van der Waals surface area contributed by atoms with Gasteiger partial charge in [-0.15, -0.1) is 0 Å².